The minimum Gasteiger partial charge on any atom is -0.433 e. The lowest BCUT2D eigenvalue weighted by Gasteiger charge is -2.09. The number of nitrogens with zero attached hydrogens (tertiary/aromatic N) is 2. The van der Waals surface area contributed by atoms with Crippen molar-refractivity contribution < 1.29 is 18.3 Å². The van der Waals surface area contributed by atoms with E-state index in [9.17, 15) is 13.6 Å². The first-order valence-corrected chi connectivity index (χ1v) is 10.00. The number of benzene rings is 2. The van der Waals surface area contributed by atoms with Gasteiger partial charge in [-0.3, -0.25) is 4.79 Å². The van der Waals surface area contributed by atoms with Crippen molar-refractivity contribution in [3.05, 3.63) is 53.6 Å². The standard InChI is InChI=1S/C17H13ClF2N4O2S2/c18-12-8-11(6-7-13(12)26-15(19)20)21-14(25)9-27-17-24-23-16(28-17)22-10-4-2-1-3-5-10/h1-8,15H,9H2,(H,21,25)(H,22,23). The molecule has 6 nitrogen and oxygen atoms in total. The molecular formula is C17H13ClF2N4O2S2. The Morgan fingerprint density at radius 3 is 2.68 bits per heavy atom. The van der Waals surface area contributed by atoms with Crippen LogP contribution in [0.1, 0.15) is 0 Å². The van der Waals surface area contributed by atoms with Gasteiger partial charge < -0.3 is 15.4 Å². The van der Waals surface area contributed by atoms with Crippen molar-refractivity contribution in [1.82, 2.24) is 10.2 Å². The first-order chi connectivity index (χ1) is 13.5. The molecule has 0 saturated heterocycles. The molecule has 3 aromatic rings. The predicted octanol–water partition coefficient (Wildman–Crippen LogP) is 5.27. The van der Waals surface area contributed by atoms with Crippen LogP contribution in [0, 0.1) is 0 Å². The summed E-state index contributed by atoms with van der Waals surface area (Å²) in [5.41, 5.74) is 1.27. The number of halogens is 3. The fraction of sp³-hybridized carbons (Fsp3) is 0.118. The van der Waals surface area contributed by atoms with Crippen molar-refractivity contribution in [3.8, 4) is 5.75 Å². The number of anilines is 3. The van der Waals surface area contributed by atoms with Gasteiger partial charge in [0, 0.05) is 11.4 Å². The molecule has 1 amide bonds. The number of carbonyl (C=O) groups is 1. The number of ether oxygens (including phenoxy) is 1. The van der Waals surface area contributed by atoms with Crippen molar-refractivity contribution in [2.75, 3.05) is 16.4 Å². The summed E-state index contributed by atoms with van der Waals surface area (Å²) in [6, 6.07) is 13.6. The number of carbonyl (C=O) groups excluding carboxylic acids is 1. The number of aromatic nitrogens is 2. The van der Waals surface area contributed by atoms with E-state index in [1.165, 1.54) is 41.3 Å². The van der Waals surface area contributed by atoms with Crippen molar-refractivity contribution in [1.29, 1.82) is 0 Å². The van der Waals surface area contributed by atoms with Crippen LogP contribution in [0.3, 0.4) is 0 Å². The monoisotopic (exact) mass is 442 g/mol. The molecule has 1 heterocycles. The summed E-state index contributed by atoms with van der Waals surface area (Å²) >= 11 is 8.42. The fourth-order valence-electron chi connectivity index (χ4n) is 2.06. The molecule has 0 aliphatic rings. The van der Waals surface area contributed by atoms with Gasteiger partial charge in [-0.1, -0.05) is 52.9 Å². The normalized spacial score (nSPS) is 10.7. The van der Waals surface area contributed by atoms with Gasteiger partial charge in [0.15, 0.2) is 4.34 Å². The Balaban J connectivity index is 1.50. The van der Waals surface area contributed by atoms with Crippen LogP contribution in [0.2, 0.25) is 5.02 Å². The highest BCUT2D eigenvalue weighted by Gasteiger charge is 2.12. The summed E-state index contributed by atoms with van der Waals surface area (Å²) in [6.45, 7) is -2.97. The van der Waals surface area contributed by atoms with Crippen LogP contribution in [0.4, 0.5) is 25.3 Å². The van der Waals surface area contributed by atoms with Gasteiger partial charge in [0.1, 0.15) is 5.75 Å². The molecule has 0 unspecified atom stereocenters. The number of rotatable bonds is 8. The lowest BCUT2D eigenvalue weighted by atomic mass is 10.3. The Labute approximate surface area is 172 Å². The lowest BCUT2D eigenvalue weighted by Crippen LogP contribution is -2.14. The van der Waals surface area contributed by atoms with Crippen LogP contribution in [0.15, 0.2) is 52.9 Å². The highest BCUT2D eigenvalue weighted by Crippen LogP contribution is 2.30. The van der Waals surface area contributed by atoms with Gasteiger partial charge in [-0.25, -0.2) is 0 Å². The first-order valence-electron chi connectivity index (χ1n) is 7.82. The number of para-hydroxylation sites is 1. The van der Waals surface area contributed by atoms with Crippen molar-refractivity contribution in [2.24, 2.45) is 0 Å². The average Bonchev–Trinajstić information content (AvgIpc) is 3.10. The third-order valence-electron chi connectivity index (χ3n) is 3.19. The molecule has 1 aromatic heterocycles. The topological polar surface area (TPSA) is 76.1 Å². The maximum atomic E-state index is 12.2. The number of thioether (sulfide) groups is 1. The van der Waals surface area contributed by atoms with E-state index in [1.54, 1.807) is 0 Å². The summed E-state index contributed by atoms with van der Waals surface area (Å²) in [7, 11) is 0. The number of hydrogen-bond acceptors (Lipinski definition) is 7. The second-order valence-electron chi connectivity index (χ2n) is 5.22. The Hall–Kier alpha value is -2.43. The summed E-state index contributed by atoms with van der Waals surface area (Å²) in [5, 5.41) is 14.4. The largest absolute Gasteiger partial charge is 0.433 e. The zero-order chi connectivity index (χ0) is 19.9. The second kappa shape index (κ2) is 9.67. The lowest BCUT2D eigenvalue weighted by molar-refractivity contribution is -0.113. The van der Waals surface area contributed by atoms with Crippen LogP contribution >= 0.6 is 34.7 Å². The quantitative estimate of drug-likeness (QED) is 0.463. The predicted molar refractivity (Wildman–Crippen MR) is 107 cm³/mol. The Kier molecular flexibility index (Phi) is 7.01. The summed E-state index contributed by atoms with van der Waals surface area (Å²) in [5.74, 6) is -0.347. The van der Waals surface area contributed by atoms with E-state index in [1.807, 2.05) is 30.3 Å². The van der Waals surface area contributed by atoms with Crippen molar-refractivity contribution >= 4 is 57.1 Å². The highest BCUT2D eigenvalue weighted by molar-refractivity contribution is 8.01. The minimum atomic E-state index is -2.97. The molecule has 0 saturated carbocycles. The van der Waals surface area contributed by atoms with Gasteiger partial charge in [0.2, 0.25) is 11.0 Å². The minimum absolute atomic E-state index is 0.0218. The van der Waals surface area contributed by atoms with Crippen LogP contribution in [0.5, 0.6) is 5.75 Å². The van der Waals surface area contributed by atoms with Crippen LogP contribution in [-0.2, 0) is 4.79 Å². The van der Waals surface area contributed by atoms with Crippen molar-refractivity contribution in [2.45, 2.75) is 11.0 Å². The Bertz CT molecular complexity index is 944. The highest BCUT2D eigenvalue weighted by atomic mass is 35.5. The van der Waals surface area contributed by atoms with Crippen LogP contribution < -0.4 is 15.4 Å². The zero-order valence-corrected chi connectivity index (χ0v) is 16.5. The fourth-order valence-corrected chi connectivity index (χ4v) is 3.86. The molecule has 0 bridgehead atoms. The molecule has 0 aliphatic heterocycles. The van der Waals surface area contributed by atoms with Crippen LogP contribution in [0.25, 0.3) is 0 Å². The van der Waals surface area contributed by atoms with E-state index in [2.05, 4.69) is 25.6 Å². The molecular weight excluding hydrogens is 430 g/mol. The Morgan fingerprint density at radius 1 is 1.18 bits per heavy atom. The number of hydrogen-bond donors (Lipinski definition) is 2. The molecule has 11 heteroatoms. The van der Waals surface area contributed by atoms with E-state index in [4.69, 9.17) is 11.6 Å². The number of amides is 1. The smallest absolute Gasteiger partial charge is 0.387 e. The maximum absolute atomic E-state index is 12.2. The molecule has 2 N–H and O–H groups in total. The van der Waals surface area contributed by atoms with E-state index in [-0.39, 0.29) is 22.4 Å². The van der Waals surface area contributed by atoms with Gasteiger partial charge >= 0.3 is 6.61 Å². The van der Waals surface area contributed by atoms with Gasteiger partial charge in [-0.05, 0) is 30.3 Å². The summed E-state index contributed by atoms with van der Waals surface area (Å²) < 4.78 is 29.3. The molecule has 3 rings (SSSR count). The third-order valence-corrected chi connectivity index (χ3v) is 5.46. The second-order valence-corrected chi connectivity index (χ2v) is 7.83. The molecule has 0 spiro atoms. The zero-order valence-electron chi connectivity index (χ0n) is 14.1. The van der Waals surface area contributed by atoms with E-state index in [0.29, 0.717) is 15.2 Å². The van der Waals surface area contributed by atoms with E-state index < -0.39 is 6.61 Å². The molecule has 2 aromatic carbocycles. The van der Waals surface area contributed by atoms with Gasteiger partial charge in [0.25, 0.3) is 0 Å². The number of nitrogens with one attached hydrogen (secondary N) is 2. The average molecular weight is 443 g/mol. The summed E-state index contributed by atoms with van der Waals surface area (Å²) in [4.78, 5) is 12.1. The number of alkyl halides is 2. The van der Waals surface area contributed by atoms with E-state index >= 15 is 0 Å². The van der Waals surface area contributed by atoms with Crippen LogP contribution in [-0.4, -0.2) is 28.5 Å². The molecule has 28 heavy (non-hydrogen) atoms. The molecule has 0 atom stereocenters. The Morgan fingerprint density at radius 2 is 1.96 bits per heavy atom. The summed E-state index contributed by atoms with van der Waals surface area (Å²) in [6.07, 6.45) is 0. The molecule has 0 fully saturated rings. The SMILES string of the molecule is O=C(CSc1nnc(Nc2ccccc2)s1)Nc1ccc(OC(F)F)c(Cl)c1. The first kappa shape index (κ1) is 20.3. The maximum Gasteiger partial charge on any atom is 0.387 e. The third kappa shape index (κ3) is 6.04. The van der Waals surface area contributed by atoms with Crippen molar-refractivity contribution in [3.63, 3.8) is 0 Å². The van der Waals surface area contributed by atoms with Gasteiger partial charge in [0.05, 0.1) is 10.8 Å². The van der Waals surface area contributed by atoms with E-state index in [0.717, 1.165) is 5.69 Å². The van der Waals surface area contributed by atoms with Gasteiger partial charge in [-0.2, -0.15) is 8.78 Å². The van der Waals surface area contributed by atoms with Gasteiger partial charge in [-0.15, -0.1) is 10.2 Å². The molecule has 0 aliphatic carbocycles. The molecule has 146 valence electrons. The molecule has 0 radical (unpaired) electrons.